The number of rotatable bonds is 3. The van der Waals surface area contributed by atoms with Crippen LogP contribution in [0, 0.1) is 27.7 Å². The van der Waals surface area contributed by atoms with Crippen LogP contribution < -0.4 is 4.90 Å². The molecule has 0 atom stereocenters. The van der Waals surface area contributed by atoms with Crippen molar-refractivity contribution in [1.82, 2.24) is 0 Å². The van der Waals surface area contributed by atoms with E-state index in [0.717, 1.165) is 12.8 Å². The second-order valence-corrected chi connectivity index (χ2v) is 20.5. The molecule has 384 valence electrons. The molecule has 2 heteroatoms. The number of fused-ring (bicyclic) bond motifs is 11. The number of hydrogen-bond donors (Lipinski definition) is 1. The van der Waals surface area contributed by atoms with Gasteiger partial charge in [-0.1, -0.05) is 265 Å². The smallest absolute Gasteiger partial charge is 0.0717 e. The zero-order chi connectivity index (χ0) is 54.0. The highest BCUT2D eigenvalue weighted by Crippen LogP contribution is 2.64. The lowest BCUT2D eigenvalue weighted by Crippen LogP contribution is -2.37. The zero-order valence-electron chi connectivity index (χ0n) is 46.9. The van der Waals surface area contributed by atoms with Gasteiger partial charge in [-0.05, 0) is 155 Å². The lowest BCUT2D eigenvalue weighted by molar-refractivity contribution is 0.660. The molecule has 76 heavy (non-hydrogen) atoms. The van der Waals surface area contributed by atoms with Crippen molar-refractivity contribution in [3.8, 4) is 33.4 Å². The molecule has 9 aromatic carbocycles. The van der Waals surface area contributed by atoms with E-state index < -0.39 is 0 Å². The van der Waals surface area contributed by atoms with Gasteiger partial charge in [0.05, 0.1) is 16.8 Å². The Morgan fingerprint density at radius 1 is 0.434 bits per heavy atom. The molecule has 0 N–H and O–H groups in total. The van der Waals surface area contributed by atoms with E-state index in [9.17, 15) is 0 Å². The number of para-hydroxylation sites is 3. The van der Waals surface area contributed by atoms with Gasteiger partial charge in [0, 0.05) is 11.1 Å². The molecule has 0 amide bonds. The fraction of sp³-hybridized carbons (Fsp3) is 0.216. The molecule has 1 heterocycles. The number of allylic oxidation sites excluding steroid dienone is 4. The summed E-state index contributed by atoms with van der Waals surface area (Å²) in [6, 6.07) is 77.4. The third-order valence-electron chi connectivity index (χ3n) is 15.0. The Kier molecular flexibility index (Phi) is 17.7. The standard InChI is InChI=1S/C32H25N.C20H18.C16H16.C3H8.C2H6.CH4S/c1-22-19-20-25-24-13-5-6-14-26(24)32(29(25)21-22)27-15-7-9-17-30(27)33(23-11-3-2-4-12-23)31-18-10-8-16-28(31)32;1-15-12-13-18(16(2)14-15)20-11-7-6-10-19(20)17-8-4-3-5-9-17;1-11-8-9-13-12-6-4-5-7-14(12)16(2,3)15(13)10-11;1-3-2;2*1-2/h2-5,7-13,15-21H,6,14H2,1H3;3-14H,1-2H3;4-10H,1-3H3;3H2,1-2H3;1-2H3;2H,1H3. The van der Waals surface area contributed by atoms with Gasteiger partial charge in [0.1, 0.15) is 0 Å². The minimum atomic E-state index is -0.250. The van der Waals surface area contributed by atoms with Gasteiger partial charge in [0.25, 0.3) is 0 Å². The number of hydrogen-bond acceptors (Lipinski definition) is 2. The molecule has 4 aliphatic rings. The lowest BCUT2D eigenvalue weighted by atomic mass is 9.62. The zero-order valence-corrected chi connectivity index (χ0v) is 47.8. The number of anilines is 3. The maximum absolute atomic E-state index is 3.53. The van der Waals surface area contributed by atoms with Crippen molar-refractivity contribution in [2.75, 3.05) is 11.2 Å². The Hall–Kier alpha value is -7.39. The van der Waals surface area contributed by atoms with Crippen molar-refractivity contribution in [2.24, 2.45) is 0 Å². The summed E-state index contributed by atoms with van der Waals surface area (Å²) >= 11 is 3.53. The summed E-state index contributed by atoms with van der Waals surface area (Å²) in [5.41, 5.74) is 28.4. The quantitative estimate of drug-likeness (QED) is 0.173. The summed E-state index contributed by atoms with van der Waals surface area (Å²) in [5.74, 6) is 0. The van der Waals surface area contributed by atoms with Crippen LogP contribution in [-0.2, 0) is 10.8 Å². The molecular weight excluding hydrogens is 935 g/mol. The normalized spacial score (nSPS) is 13.8. The average molecular weight is 1010 g/mol. The van der Waals surface area contributed by atoms with Crippen LogP contribution in [0.4, 0.5) is 17.1 Å². The second-order valence-electron chi connectivity index (χ2n) is 20.5. The summed E-state index contributed by atoms with van der Waals surface area (Å²) in [7, 11) is 0. The van der Waals surface area contributed by atoms with E-state index in [1.165, 1.54) is 118 Å². The van der Waals surface area contributed by atoms with Gasteiger partial charge in [-0.15, -0.1) is 0 Å². The minimum absolute atomic E-state index is 0.151. The Morgan fingerprint density at radius 2 is 0.882 bits per heavy atom. The van der Waals surface area contributed by atoms with Crippen LogP contribution in [0.5, 0.6) is 0 Å². The monoisotopic (exact) mass is 1010 g/mol. The highest BCUT2D eigenvalue weighted by atomic mass is 32.1. The van der Waals surface area contributed by atoms with Crippen molar-refractivity contribution in [3.05, 3.63) is 286 Å². The molecule has 0 bridgehead atoms. The second kappa shape index (κ2) is 24.5. The predicted octanol–water partition coefficient (Wildman–Crippen LogP) is 21.2. The third kappa shape index (κ3) is 10.3. The fourth-order valence-electron chi connectivity index (χ4n) is 11.9. The molecular formula is C74H77NS. The lowest BCUT2D eigenvalue weighted by Gasteiger charge is -2.46. The van der Waals surface area contributed by atoms with Crippen LogP contribution in [0.1, 0.15) is 116 Å². The molecule has 0 unspecified atom stereocenters. The highest BCUT2D eigenvalue weighted by Gasteiger charge is 2.52. The Bertz CT molecular complexity index is 3430. The third-order valence-corrected chi connectivity index (χ3v) is 15.0. The predicted molar refractivity (Wildman–Crippen MR) is 335 cm³/mol. The van der Waals surface area contributed by atoms with E-state index in [0.29, 0.717) is 0 Å². The first-order chi connectivity index (χ1) is 37.1. The van der Waals surface area contributed by atoms with Gasteiger partial charge >= 0.3 is 0 Å². The van der Waals surface area contributed by atoms with Crippen LogP contribution in [0.2, 0.25) is 0 Å². The first-order valence-electron chi connectivity index (χ1n) is 27.5. The van der Waals surface area contributed by atoms with E-state index in [2.05, 4.69) is 297 Å². The summed E-state index contributed by atoms with van der Waals surface area (Å²) in [6.45, 7) is 21.6. The largest absolute Gasteiger partial charge is 0.310 e. The van der Waals surface area contributed by atoms with Crippen LogP contribution in [0.15, 0.2) is 230 Å². The number of benzene rings is 9. The van der Waals surface area contributed by atoms with Crippen LogP contribution in [-0.4, -0.2) is 6.26 Å². The van der Waals surface area contributed by atoms with Gasteiger partial charge in [-0.3, -0.25) is 0 Å². The first kappa shape index (κ1) is 54.9. The van der Waals surface area contributed by atoms with E-state index >= 15 is 0 Å². The fourth-order valence-corrected chi connectivity index (χ4v) is 11.9. The molecule has 0 saturated carbocycles. The van der Waals surface area contributed by atoms with Crippen LogP contribution >= 0.6 is 12.6 Å². The molecule has 3 aliphatic carbocycles. The summed E-state index contributed by atoms with van der Waals surface area (Å²) in [4.78, 5) is 2.45. The molecule has 0 saturated heterocycles. The van der Waals surface area contributed by atoms with Crippen molar-refractivity contribution in [1.29, 1.82) is 0 Å². The van der Waals surface area contributed by atoms with Gasteiger partial charge in [-0.2, -0.15) is 12.6 Å². The van der Waals surface area contributed by atoms with Crippen LogP contribution in [0.3, 0.4) is 0 Å². The Morgan fingerprint density at radius 3 is 1.47 bits per heavy atom. The van der Waals surface area contributed by atoms with Gasteiger partial charge in [-0.25, -0.2) is 0 Å². The molecule has 1 aliphatic heterocycles. The highest BCUT2D eigenvalue weighted by molar-refractivity contribution is 7.79. The minimum Gasteiger partial charge on any atom is -0.310 e. The van der Waals surface area contributed by atoms with Gasteiger partial charge in [0.15, 0.2) is 0 Å². The molecule has 1 nitrogen and oxygen atoms in total. The van der Waals surface area contributed by atoms with E-state index in [1.807, 2.05) is 13.8 Å². The summed E-state index contributed by atoms with van der Waals surface area (Å²) in [5, 5.41) is 0. The van der Waals surface area contributed by atoms with E-state index in [-0.39, 0.29) is 10.8 Å². The summed E-state index contributed by atoms with van der Waals surface area (Å²) in [6.07, 6.45) is 9.85. The van der Waals surface area contributed by atoms with Gasteiger partial charge in [0.2, 0.25) is 0 Å². The van der Waals surface area contributed by atoms with Crippen molar-refractivity contribution in [2.45, 2.75) is 99.3 Å². The number of thiol groups is 1. The SMILES string of the molecule is CC.CCC.CS.Cc1ccc(-c2ccccc2-c2ccccc2)c(C)c1.Cc1ccc2c(c1)C(C)(C)c1ccccc1-2.Cc1ccc2c(c1)C1(C3=C2C=CCC3)c2ccccc2N(c2ccccc2)c2ccccc21. The van der Waals surface area contributed by atoms with Gasteiger partial charge < -0.3 is 4.90 Å². The van der Waals surface area contributed by atoms with Crippen molar-refractivity contribution < 1.29 is 0 Å². The topological polar surface area (TPSA) is 3.24 Å². The molecule has 0 fully saturated rings. The van der Waals surface area contributed by atoms with Crippen molar-refractivity contribution >= 4 is 35.3 Å². The molecule has 9 aromatic rings. The Balaban J connectivity index is 0.000000153. The summed E-state index contributed by atoms with van der Waals surface area (Å²) < 4.78 is 0. The number of aryl methyl sites for hydroxylation is 4. The Labute approximate surface area is 462 Å². The van der Waals surface area contributed by atoms with E-state index in [4.69, 9.17) is 0 Å². The molecule has 13 rings (SSSR count). The maximum Gasteiger partial charge on any atom is 0.0717 e. The van der Waals surface area contributed by atoms with Crippen molar-refractivity contribution in [3.63, 3.8) is 0 Å². The molecule has 0 aromatic heterocycles. The van der Waals surface area contributed by atoms with Crippen LogP contribution in [0.25, 0.3) is 39.0 Å². The number of nitrogens with zero attached hydrogens (tertiary/aromatic N) is 1. The molecule has 0 radical (unpaired) electrons. The first-order valence-corrected chi connectivity index (χ1v) is 28.4. The maximum atomic E-state index is 3.53. The average Bonchev–Trinajstić information content (AvgIpc) is 4.04. The molecule has 1 spiro atoms. The van der Waals surface area contributed by atoms with E-state index in [1.54, 1.807) is 11.8 Å².